The highest BCUT2D eigenvalue weighted by Crippen LogP contribution is 2.20. The largest absolute Gasteiger partial charge is 0.356 e. The summed E-state index contributed by atoms with van der Waals surface area (Å²) in [6.45, 7) is 1.94. The summed E-state index contributed by atoms with van der Waals surface area (Å²) in [7, 11) is 0. The molecule has 3 N–H and O–H groups in total. The van der Waals surface area contributed by atoms with Crippen molar-refractivity contribution < 1.29 is 4.79 Å². The van der Waals surface area contributed by atoms with Crippen LogP contribution in [0.5, 0.6) is 0 Å². The minimum Gasteiger partial charge on any atom is -0.356 e. The molecule has 0 atom stereocenters. The van der Waals surface area contributed by atoms with E-state index in [1.165, 1.54) is 0 Å². The van der Waals surface area contributed by atoms with Gasteiger partial charge in [0.15, 0.2) is 5.69 Å². The average molecular weight is 399 g/mol. The molecule has 2 heterocycles. The molecule has 146 valence electrons. The molecular weight excluding hydrogens is 376 g/mol. The summed E-state index contributed by atoms with van der Waals surface area (Å²) in [5.74, 6) is -0.251. The van der Waals surface area contributed by atoms with Crippen LogP contribution in [0.4, 0.5) is 17.1 Å². The predicted molar refractivity (Wildman–Crippen MR) is 113 cm³/mol. The molecule has 1 fully saturated rings. The maximum absolute atomic E-state index is 12.4. The van der Waals surface area contributed by atoms with Gasteiger partial charge in [-0.1, -0.05) is 23.4 Å². The monoisotopic (exact) mass is 398 g/mol. The number of carbonyl (C=O) groups excluding carboxylic acids is 1. The lowest BCUT2D eigenvalue weighted by Gasteiger charge is -2.22. The minimum atomic E-state index is -0.251. The van der Waals surface area contributed by atoms with Crippen molar-refractivity contribution in [3.05, 3.63) is 66.5 Å². The Morgan fingerprint density at radius 2 is 1.61 bits per heavy atom. The number of piperidine rings is 1. The Kier molecular flexibility index (Phi) is 6.62. The summed E-state index contributed by atoms with van der Waals surface area (Å²) in [6, 6.07) is 17.8. The van der Waals surface area contributed by atoms with Gasteiger partial charge < -0.3 is 16.0 Å². The van der Waals surface area contributed by atoms with Gasteiger partial charge in [0.25, 0.3) is 5.91 Å². The Morgan fingerprint density at radius 1 is 0.964 bits per heavy atom. The van der Waals surface area contributed by atoms with E-state index < -0.39 is 0 Å². The highest BCUT2D eigenvalue weighted by Gasteiger charge is 2.18. The number of halogens is 1. The number of nitrogens with zero attached hydrogens (tertiary/aromatic N) is 3. The average Bonchev–Trinajstić information content (AvgIpc) is 3.21. The Labute approximate surface area is 169 Å². The van der Waals surface area contributed by atoms with E-state index >= 15 is 0 Å². The van der Waals surface area contributed by atoms with Crippen LogP contribution < -0.4 is 16.0 Å². The quantitative estimate of drug-likeness (QED) is 0.611. The Bertz CT molecular complexity index is 891. The predicted octanol–water partition coefficient (Wildman–Crippen LogP) is 3.62. The first-order valence-corrected chi connectivity index (χ1v) is 9.14. The Hall–Kier alpha value is -2.90. The molecule has 0 spiro atoms. The maximum atomic E-state index is 12.4. The van der Waals surface area contributed by atoms with Gasteiger partial charge in [0, 0.05) is 17.1 Å². The van der Waals surface area contributed by atoms with E-state index in [9.17, 15) is 4.79 Å². The lowest BCUT2D eigenvalue weighted by Crippen LogP contribution is -2.29. The van der Waals surface area contributed by atoms with E-state index in [4.69, 9.17) is 0 Å². The molecule has 2 aromatic carbocycles. The topological polar surface area (TPSA) is 83.9 Å². The van der Waals surface area contributed by atoms with Crippen molar-refractivity contribution in [2.75, 3.05) is 23.7 Å². The molecule has 1 saturated heterocycles. The molecule has 0 saturated carbocycles. The van der Waals surface area contributed by atoms with Crippen LogP contribution in [0.25, 0.3) is 0 Å². The zero-order valence-electron chi connectivity index (χ0n) is 15.3. The molecule has 4 rings (SSSR count). The van der Waals surface area contributed by atoms with Crippen molar-refractivity contribution in [2.24, 2.45) is 0 Å². The number of benzene rings is 2. The van der Waals surface area contributed by atoms with Gasteiger partial charge in [-0.3, -0.25) is 4.79 Å². The van der Waals surface area contributed by atoms with Gasteiger partial charge in [0.1, 0.15) is 0 Å². The van der Waals surface area contributed by atoms with Gasteiger partial charge in [-0.2, -0.15) is 0 Å². The number of carbonyl (C=O) groups is 1. The molecule has 0 unspecified atom stereocenters. The molecule has 3 aromatic rings. The van der Waals surface area contributed by atoms with Crippen molar-refractivity contribution in [2.45, 2.75) is 18.9 Å². The molecule has 8 heteroatoms. The normalized spacial score (nSPS) is 14.1. The fraction of sp³-hybridized carbons (Fsp3) is 0.250. The third kappa shape index (κ3) is 4.88. The van der Waals surface area contributed by atoms with Gasteiger partial charge in [-0.25, -0.2) is 4.68 Å². The fourth-order valence-corrected chi connectivity index (χ4v) is 3.15. The maximum Gasteiger partial charge on any atom is 0.277 e. The smallest absolute Gasteiger partial charge is 0.277 e. The second-order valence-electron chi connectivity index (χ2n) is 6.59. The fourth-order valence-electron chi connectivity index (χ4n) is 3.15. The van der Waals surface area contributed by atoms with Crippen LogP contribution in [0.2, 0.25) is 0 Å². The Balaban J connectivity index is 0.00000225. The summed E-state index contributed by atoms with van der Waals surface area (Å²) >= 11 is 0. The van der Waals surface area contributed by atoms with Crippen molar-refractivity contribution in [3.8, 4) is 0 Å². The minimum absolute atomic E-state index is 0. The SMILES string of the molecule is Cl.O=C(Nc1ccc(Nc2ccccc2)cc1)c1cn(C2CCNCC2)nn1. The first-order chi connectivity index (χ1) is 13.3. The van der Waals surface area contributed by atoms with E-state index in [0.717, 1.165) is 43.0 Å². The Morgan fingerprint density at radius 3 is 2.32 bits per heavy atom. The standard InChI is InChI=1S/C20H22N6O.ClH/c27-20(19-14-26(25-24-19)18-10-12-21-13-11-18)23-17-8-6-16(7-9-17)22-15-4-2-1-3-5-15;/h1-9,14,18,21-22H,10-13H2,(H,23,27);1H. The van der Waals surface area contributed by atoms with E-state index in [2.05, 4.69) is 26.3 Å². The number of nitrogens with one attached hydrogen (secondary N) is 3. The van der Waals surface area contributed by atoms with E-state index in [1.54, 1.807) is 6.20 Å². The first kappa shape index (κ1) is 19.9. The van der Waals surface area contributed by atoms with Crippen LogP contribution in [-0.4, -0.2) is 34.0 Å². The zero-order valence-corrected chi connectivity index (χ0v) is 16.2. The molecule has 0 bridgehead atoms. The molecule has 1 amide bonds. The highest BCUT2D eigenvalue weighted by molar-refractivity contribution is 6.02. The van der Waals surface area contributed by atoms with Crippen LogP contribution in [0, 0.1) is 0 Å². The van der Waals surface area contributed by atoms with E-state index in [-0.39, 0.29) is 18.3 Å². The van der Waals surface area contributed by atoms with E-state index in [0.29, 0.717) is 11.7 Å². The lowest BCUT2D eigenvalue weighted by atomic mass is 10.1. The lowest BCUT2D eigenvalue weighted by molar-refractivity contribution is 0.102. The van der Waals surface area contributed by atoms with Gasteiger partial charge in [-0.15, -0.1) is 17.5 Å². The highest BCUT2D eigenvalue weighted by atomic mass is 35.5. The molecule has 1 aliphatic rings. The number of amides is 1. The first-order valence-electron chi connectivity index (χ1n) is 9.14. The molecule has 1 aliphatic heterocycles. The van der Waals surface area contributed by atoms with Crippen LogP contribution in [0.15, 0.2) is 60.8 Å². The molecule has 0 radical (unpaired) electrons. The van der Waals surface area contributed by atoms with Gasteiger partial charge in [0.2, 0.25) is 0 Å². The van der Waals surface area contributed by atoms with Gasteiger partial charge in [-0.05, 0) is 62.3 Å². The molecule has 7 nitrogen and oxygen atoms in total. The van der Waals surface area contributed by atoms with E-state index in [1.807, 2.05) is 59.3 Å². The summed E-state index contributed by atoms with van der Waals surface area (Å²) in [4.78, 5) is 12.4. The second kappa shape index (κ2) is 9.34. The molecular formula is C20H23ClN6O. The number of anilines is 3. The van der Waals surface area contributed by atoms with Crippen LogP contribution >= 0.6 is 12.4 Å². The molecule has 0 aliphatic carbocycles. The van der Waals surface area contributed by atoms with Crippen LogP contribution in [0.3, 0.4) is 0 Å². The number of aromatic nitrogens is 3. The summed E-state index contributed by atoms with van der Waals surface area (Å²) in [5, 5.41) is 17.7. The van der Waals surface area contributed by atoms with Crippen molar-refractivity contribution in [1.29, 1.82) is 0 Å². The third-order valence-corrected chi connectivity index (χ3v) is 4.63. The van der Waals surface area contributed by atoms with Crippen LogP contribution in [-0.2, 0) is 0 Å². The summed E-state index contributed by atoms with van der Waals surface area (Å²) < 4.78 is 1.81. The number of hydrogen-bond donors (Lipinski definition) is 3. The van der Waals surface area contributed by atoms with Gasteiger partial charge in [0.05, 0.1) is 12.2 Å². The third-order valence-electron chi connectivity index (χ3n) is 4.63. The number of para-hydroxylation sites is 1. The molecule has 28 heavy (non-hydrogen) atoms. The molecule has 1 aromatic heterocycles. The van der Waals surface area contributed by atoms with Crippen molar-refractivity contribution in [1.82, 2.24) is 20.3 Å². The second-order valence-corrected chi connectivity index (χ2v) is 6.59. The van der Waals surface area contributed by atoms with Crippen molar-refractivity contribution in [3.63, 3.8) is 0 Å². The van der Waals surface area contributed by atoms with Gasteiger partial charge >= 0.3 is 0 Å². The summed E-state index contributed by atoms with van der Waals surface area (Å²) in [6.07, 6.45) is 3.73. The summed E-state index contributed by atoms with van der Waals surface area (Å²) in [5.41, 5.74) is 3.02. The van der Waals surface area contributed by atoms with Crippen LogP contribution in [0.1, 0.15) is 29.4 Å². The van der Waals surface area contributed by atoms with Crippen molar-refractivity contribution >= 4 is 35.4 Å². The number of hydrogen-bond acceptors (Lipinski definition) is 5. The number of rotatable bonds is 5. The zero-order chi connectivity index (χ0) is 18.5.